The molecule has 0 saturated heterocycles. The van der Waals surface area contributed by atoms with Gasteiger partial charge in [-0.25, -0.2) is 0 Å². The van der Waals surface area contributed by atoms with Crippen molar-refractivity contribution in [1.82, 2.24) is 0 Å². The molecule has 0 heterocycles. The molecule has 2 atom stereocenters. The zero-order valence-corrected chi connectivity index (χ0v) is 12.3. The van der Waals surface area contributed by atoms with E-state index in [4.69, 9.17) is 4.74 Å². The van der Waals surface area contributed by atoms with Gasteiger partial charge in [-0.3, -0.25) is 9.59 Å². The molecule has 0 saturated carbocycles. The lowest BCUT2D eigenvalue weighted by atomic mass is 10.00. The van der Waals surface area contributed by atoms with Crippen LogP contribution in [0.15, 0.2) is 60.7 Å². The van der Waals surface area contributed by atoms with E-state index >= 15 is 0 Å². The first-order chi connectivity index (χ1) is 11.2. The van der Waals surface area contributed by atoms with Crippen molar-refractivity contribution in [3.63, 3.8) is 0 Å². The van der Waals surface area contributed by atoms with Crippen LogP contribution in [-0.2, 0) is 14.3 Å². The molecule has 2 aromatic rings. The van der Waals surface area contributed by atoms with Gasteiger partial charge >= 0.3 is 11.9 Å². The molecule has 0 fully saturated rings. The Morgan fingerprint density at radius 1 is 0.696 bits per heavy atom. The van der Waals surface area contributed by atoms with Crippen molar-refractivity contribution in [2.24, 2.45) is 0 Å². The molecule has 3 nitrogen and oxygen atoms in total. The number of ether oxygens (including phenoxy) is 1. The maximum atomic E-state index is 12.4. The maximum Gasteiger partial charge on any atom is 0.325 e. The van der Waals surface area contributed by atoms with Crippen molar-refractivity contribution in [1.29, 1.82) is 0 Å². The zero-order valence-electron chi connectivity index (χ0n) is 12.3. The minimum absolute atomic E-state index is 0.504. The number of benzene rings is 2. The van der Waals surface area contributed by atoms with Gasteiger partial charge in [-0.05, 0) is 22.3 Å². The van der Waals surface area contributed by atoms with Crippen molar-refractivity contribution >= 4 is 24.1 Å². The largest absolute Gasteiger partial charge is 0.392 e. The van der Waals surface area contributed by atoms with Gasteiger partial charge in [0.2, 0.25) is 0 Å². The minimum atomic E-state index is -0.519. The Morgan fingerprint density at radius 2 is 1.13 bits per heavy atom. The van der Waals surface area contributed by atoms with E-state index in [1.165, 1.54) is 0 Å². The summed E-state index contributed by atoms with van der Waals surface area (Å²) in [6, 6.07) is 15.2. The Bertz CT molecular complexity index is 789. The first-order valence-corrected chi connectivity index (χ1v) is 7.54. The van der Waals surface area contributed by atoms with Crippen molar-refractivity contribution < 1.29 is 14.3 Å². The van der Waals surface area contributed by atoms with Gasteiger partial charge in [0, 0.05) is 0 Å². The Balaban J connectivity index is 1.52. The molecule has 2 unspecified atom stereocenters. The van der Waals surface area contributed by atoms with E-state index in [1.807, 2.05) is 60.7 Å². The molecule has 0 aliphatic heterocycles. The Morgan fingerprint density at radius 3 is 1.61 bits per heavy atom. The fraction of sp³-hybridized carbons (Fsp3) is 0.100. The van der Waals surface area contributed by atoms with Crippen molar-refractivity contribution in [2.45, 2.75) is 11.8 Å². The molecule has 0 radical (unpaired) electrons. The van der Waals surface area contributed by atoms with Gasteiger partial charge in [0.1, 0.15) is 11.8 Å². The normalized spacial score (nSPS) is 20.2. The molecule has 112 valence electrons. The second kappa shape index (κ2) is 5.36. The van der Waals surface area contributed by atoms with Crippen LogP contribution in [0.5, 0.6) is 0 Å². The summed E-state index contributed by atoms with van der Waals surface area (Å²) in [6.07, 6.45) is 7.32. The predicted molar refractivity (Wildman–Crippen MR) is 87.5 cm³/mol. The molecule has 0 bridgehead atoms. The number of hydrogen-bond donors (Lipinski definition) is 0. The predicted octanol–water partition coefficient (Wildman–Crippen LogP) is 3.68. The quantitative estimate of drug-likeness (QED) is 0.628. The summed E-state index contributed by atoms with van der Waals surface area (Å²) < 4.78 is 5.15. The first-order valence-electron chi connectivity index (χ1n) is 7.54. The number of carbonyl (C=O) groups is 2. The molecule has 3 heteroatoms. The smallest absolute Gasteiger partial charge is 0.325 e. The average Bonchev–Trinajstić information content (AvgIpc) is 3.19. The van der Waals surface area contributed by atoms with Crippen LogP contribution in [0.25, 0.3) is 12.2 Å². The lowest BCUT2D eigenvalue weighted by Gasteiger charge is -2.13. The lowest BCUT2D eigenvalue weighted by Crippen LogP contribution is -2.21. The SMILES string of the molecule is O=C(OC(=O)C1C=Cc2ccccc21)C1C=Cc2ccccc21. The standard InChI is InChI=1S/C20H14O3/c21-19(17-11-9-13-5-1-3-7-15(13)17)23-20(22)18-12-10-14-6-2-4-8-16(14)18/h1-12,17-18H. The third kappa shape index (κ3) is 2.30. The van der Waals surface area contributed by atoms with Crippen LogP contribution in [0, 0.1) is 0 Å². The van der Waals surface area contributed by atoms with E-state index in [0.717, 1.165) is 22.3 Å². The highest BCUT2D eigenvalue weighted by Crippen LogP contribution is 2.33. The lowest BCUT2D eigenvalue weighted by molar-refractivity contribution is -0.160. The minimum Gasteiger partial charge on any atom is -0.392 e. The summed E-state index contributed by atoms with van der Waals surface area (Å²) in [5.74, 6) is -2.05. The Kier molecular flexibility index (Phi) is 3.19. The number of fused-ring (bicyclic) bond motifs is 2. The van der Waals surface area contributed by atoms with Gasteiger partial charge < -0.3 is 4.74 Å². The summed E-state index contributed by atoms with van der Waals surface area (Å²) in [5.41, 5.74) is 3.75. The molecule has 0 amide bonds. The fourth-order valence-electron chi connectivity index (χ4n) is 3.14. The van der Waals surface area contributed by atoms with E-state index in [2.05, 4.69) is 0 Å². The monoisotopic (exact) mass is 302 g/mol. The number of esters is 2. The average molecular weight is 302 g/mol. The summed E-state index contributed by atoms with van der Waals surface area (Å²) in [4.78, 5) is 24.7. The molecular formula is C20H14O3. The summed E-state index contributed by atoms with van der Waals surface area (Å²) >= 11 is 0. The summed E-state index contributed by atoms with van der Waals surface area (Å²) in [7, 11) is 0. The summed E-state index contributed by atoms with van der Waals surface area (Å²) in [5, 5.41) is 0. The van der Waals surface area contributed by atoms with Gasteiger partial charge in [-0.15, -0.1) is 0 Å². The van der Waals surface area contributed by atoms with Crippen LogP contribution in [0.3, 0.4) is 0 Å². The molecule has 0 spiro atoms. The van der Waals surface area contributed by atoms with Gasteiger partial charge in [0.25, 0.3) is 0 Å². The number of carbonyl (C=O) groups excluding carboxylic acids is 2. The highest BCUT2D eigenvalue weighted by Gasteiger charge is 2.31. The molecule has 23 heavy (non-hydrogen) atoms. The second-order valence-electron chi connectivity index (χ2n) is 5.67. The third-order valence-electron chi connectivity index (χ3n) is 4.31. The maximum absolute atomic E-state index is 12.4. The molecule has 0 N–H and O–H groups in total. The highest BCUT2D eigenvalue weighted by molar-refractivity contribution is 5.97. The topological polar surface area (TPSA) is 43.4 Å². The van der Waals surface area contributed by atoms with E-state index in [-0.39, 0.29) is 0 Å². The summed E-state index contributed by atoms with van der Waals surface area (Å²) in [6.45, 7) is 0. The molecule has 2 aromatic carbocycles. The van der Waals surface area contributed by atoms with Crippen LogP contribution in [0.1, 0.15) is 34.1 Å². The van der Waals surface area contributed by atoms with Crippen molar-refractivity contribution in [3.8, 4) is 0 Å². The second-order valence-corrected chi connectivity index (χ2v) is 5.67. The third-order valence-corrected chi connectivity index (χ3v) is 4.31. The number of hydrogen-bond acceptors (Lipinski definition) is 3. The van der Waals surface area contributed by atoms with Crippen LogP contribution in [0.2, 0.25) is 0 Å². The van der Waals surface area contributed by atoms with Gasteiger partial charge in [-0.1, -0.05) is 72.8 Å². The Hall–Kier alpha value is -2.94. The molecule has 2 aliphatic carbocycles. The van der Waals surface area contributed by atoms with Gasteiger partial charge in [0.05, 0.1) is 0 Å². The van der Waals surface area contributed by atoms with E-state index < -0.39 is 23.8 Å². The van der Waals surface area contributed by atoms with E-state index in [9.17, 15) is 9.59 Å². The van der Waals surface area contributed by atoms with Crippen LogP contribution in [-0.4, -0.2) is 11.9 Å². The number of rotatable bonds is 2. The highest BCUT2D eigenvalue weighted by atomic mass is 16.6. The van der Waals surface area contributed by atoms with Crippen LogP contribution < -0.4 is 0 Å². The fourth-order valence-corrected chi connectivity index (χ4v) is 3.14. The van der Waals surface area contributed by atoms with Crippen molar-refractivity contribution in [2.75, 3.05) is 0 Å². The van der Waals surface area contributed by atoms with Gasteiger partial charge in [0.15, 0.2) is 0 Å². The Labute approximate surface area is 133 Å². The van der Waals surface area contributed by atoms with E-state index in [0.29, 0.717) is 0 Å². The zero-order chi connectivity index (χ0) is 15.8. The van der Waals surface area contributed by atoms with Crippen LogP contribution in [0.4, 0.5) is 0 Å². The van der Waals surface area contributed by atoms with Crippen LogP contribution >= 0.6 is 0 Å². The van der Waals surface area contributed by atoms with Gasteiger partial charge in [-0.2, -0.15) is 0 Å². The molecule has 4 rings (SSSR count). The first kappa shape index (κ1) is 13.7. The van der Waals surface area contributed by atoms with Crippen molar-refractivity contribution in [3.05, 3.63) is 82.9 Å². The molecule has 2 aliphatic rings. The molecular weight excluding hydrogens is 288 g/mol. The van der Waals surface area contributed by atoms with E-state index in [1.54, 1.807) is 12.2 Å². The molecule has 0 aromatic heterocycles.